The van der Waals surface area contributed by atoms with Gasteiger partial charge < -0.3 is 31.3 Å². The number of fused-ring (bicyclic) bond motifs is 1. The molecule has 2 aromatic heterocycles. The molecule has 31 heavy (non-hydrogen) atoms. The number of hydrogen-bond acceptors (Lipinski definition) is 7. The molecule has 1 aliphatic heterocycles. The van der Waals surface area contributed by atoms with Gasteiger partial charge in [-0.2, -0.15) is 0 Å². The number of aromatic nitrogens is 1. The van der Waals surface area contributed by atoms with E-state index >= 15 is 0 Å². The maximum atomic E-state index is 8.00. The number of pyridine rings is 1. The smallest absolute Gasteiger partial charge is 0.229 e. The zero-order valence-electron chi connectivity index (χ0n) is 18.6. The molecule has 1 saturated heterocycles. The molecule has 8 heteroatoms. The summed E-state index contributed by atoms with van der Waals surface area (Å²) in [4.78, 5) is 14.6. The van der Waals surface area contributed by atoms with Gasteiger partial charge in [0.15, 0.2) is 11.6 Å². The zero-order valence-corrected chi connectivity index (χ0v) is 18.6. The number of rotatable bonds is 3. The number of amidine groups is 1. The summed E-state index contributed by atoms with van der Waals surface area (Å²) >= 11 is 0. The largest absolute Gasteiger partial charge is 0.432 e. The van der Waals surface area contributed by atoms with Crippen molar-refractivity contribution in [3.8, 4) is 0 Å². The Balaban J connectivity index is 0.000000313. The number of benzene rings is 1. The van der Waals surface area contributed by atoms with E-state index in [2.05, 4.69) is 15.6 Å². The van der Waals surface area contributed by atoms with Crippen LogP contribution in [-0.4, -0.2) is 37.7 Å². The normalized spacial score (nSPS) is 13.1. The Bertz CT molecular complexity index is 934. The van der Waals surface area contributed by atoms with E-state index in [4.69, 9.17) is 26.1 Å². The minimum absolute atomic E-state index is 0.0347. The molecule has 1 fully saturated rings. The number of aryl methyl sites for hydroxylation is 1. The van der Waals surface area contributed by atoms with E-state index < -0.39 is 0 Å². The molecule has 0 bridgehead atoms. The highest BCUT2D eigenvalue weighted by Gasteiger charge is 2.24. The van der Waals surface area contributed by atoms with Crippen LogP contribution in [0, 0.1) is 12.3 Å². The quantitative estimate of drug-likeness (QED) is 0.371. The second-order valence-electron chi connectivity index (χ2n) is 6.89. The maximum Gasteiger partial charge on any atom is 0.229 e. The minimum atomic E-state index is -0.0347. The van der Waals surface area contributed by atoms with Gasteiger partial charge in [0.05, 0.1) is 11.1 Å². The summed E-state index contributed by atoms with van der Waals surface area (Å²) in [6, 6.07) is 14.2. The summed E-state index contributed by atoms with van der Waals surface area (Å²) in [5, 5.41) is 8.61. The fraction of sp³-hybridized carbons (Fsp3) is 0.348. The van der Waals surface area contributed by atoms with Crippen molar-refractivity contribution in [3.05, 3.63) is 59.5 Å². The molecule has 1 atom stereocenters. The van der Waals surface area contributed by atoms with Gasteiger partial charge in [0.1, 0.15) is 6.79 Å². The summed E-state index contributed by atoms with van der Waals surface area (Å²) in [5.41, 5.74) is 19.3. The van der Waals surface area contributed by atoms with Crippen LogP contribution in [0.15, 0.2) is 46.9 Å². The molecular weight excluding hydrogens is 392 g/mol. The zero-order chi connectivity index (χ0) is 23.4. The van der Waals surface area contributed by atoms with Gasteiger partial charge in [-0.25, -0.2) is 4.98 Å². The van der Waals surface area contributed by atoms with Gasteiger partial charge in [-0.1, -0.05) is 30.3 Å². The van der Waals surface area contributed by atoms with Crippen LogP contribution in [0.2, 0.25) is 0 Å². The summed E-state index contributed by atoms with van der Waals surface area (Å²) < 4.78 is 5.65. The molecule has 3 aromatic rings. The van der Waals surface area contributed by atoms with E-state index in [1.165, 1.54) is 25.5 Å². The van der Waals surface area contributed by atoms with Crippen molar-refractivity contribution in [2.75, 3.05) is 25.0 Å². The molecule has 0 saturated carbocycles. The number of nitrogen functional groups attached to an aromatic ring is 1. The van der Waals surface area contributed by atoms with Gasteiger partial charge in [0.2, 0.25) is 5.71 Å². The summed E-state index contributed by atoms with van der Waals surface area (Å²) in [6.45, 7) is 7.88. The molecular formula is C23H34N6O2. The van der Waals surface area contributed by atoms with Gasteiger partial charge in [-0.3, -0.25) is 5.41 Å². The van der Waals surface area contributed by atoms with Crippen LogP contribution in [0.25, 0.3) is 11.1 Å². The second-order valence-corrected chi connectivity index (χ2v) is 6.89. The fourth-order valence-corrected chi connectivity index (χ4v) is 3.25. The van der Waals surface area contributed by atoms with Crippen molar-refractivity contribution < 1.29 is 9.21 Å². The third-order valence-corrected chi connectivity index (χ3v) is 4.66. The minimum Gasteiger partial charge on any atom is -0.432 e. The highest BCUT2D eigenvalue weighted by atomic mass is 16.3. The topological polar surface area (TPSA) is 148 Å². The van der Waals surface area contributed by atoms with E-state index in [1.54, 1.807) is 0 Å². The molecule has 8 nitrogen and oxygen atoms in total. The highest BCUT2D eigenvalue weighted by Crippen LogP contribution is 2.34. The number of nitrogens with one attached hydrogen (secondary N) is 1. The van der Waals surface area contributed by atoms with Gasteiger partial charge >= 0.3 is 0 Å². The molecule has 168 valence electrons. The Morgan fingerprint density at radius 2 is 1.71 bits per heavy atom. The third-order valence-electron chi connectivity index (χ3n) is 4.66. The number of nitrogens with zero attached hydrogens (tertiary/aromatic N) is 2. The predicted molar refractivity (Wildman–Crippen MR) is 127 cm³/mol. The molecule has 0 spiro atoms. The van der Waals surface area contributed by atoms with Gasteiger partial charge in [0, 0.05) is 24.8 Å². The first kappa shape index (κ1) is 25.8. The van der Waals surface area contributed by atoms with Crippen molar-refractivity contribution in [3.63, 3.8) is 0 Å². The van der Waals surface area contributed by atoms with E-state index in [0.29, 0.717) is 11.5 Å². The van der Waals surface area contributed by atoms with Crippen LogP contribution in [-0.2, 0) is 4.79 Å². The molecule has 3 heterocycles. The number of carbonyl (C=O) groups excluding carboxylic acids is 1. The molecule has 0 radical (unpaired) electrons. The van der Waals surface area contributed by atoms with E-state index in [0.717, 1.165) is 29.9 Å². The Morgan fingerprint density at radius 1 is 1.13 bits per heavy atom. The van der Waals surface area contributed by atoms with Crippen molar-refractivity contribution in [2.45, 2.75) is 32.7 Å². The van der Waals surface area contributed by atoms with Gasteiger partial charge in [-0.15, -0.1) is 0 Å². The highest BCUT2D eigenvalue weighted by molar-refractivity contribution is 6.06. The lowest BCUT2D eigenvalue weighted by Crippen LogP contribution is -2.21. The van der Waals surface area contributed by atoms with Crippen molar-refractivity contribution >= 4 is 29.4 Å². The van der Waals surface area contributed by atoms with Gasteiger partial charge in [-0.05, 0) is 51.4 Å². The lowest BCUT2D eigenvalue weighted by atomic mass is 10.1. The standard InChI is InChI=1S/C13H16N4O.C8H11N.CH5N.CH2O/c1-8-4-5-9-10(17-6-2-3-7-17)11(12(14)15)18-13(9)16-8;1-7(9)8-5-3-2-4-6-8;2*1-2/h4-5H,2-3,6-7H2,1H3,(H3,14,15);2-7H,9H2,1H3;2H2,1H3;1H2. The van der Waals surface area contributed by atoms with E-state index in [-0.39, 0.29) is 11.9 Å². The number of carbonyl (C=O) groups is 1. The Kier molecular flexibility index (Phi) is 10.9. The van der Waals surface area contributed by atoms with Crippen LogP contribution in [0.4, 0.5) is 5.69 Å². The molecule has 4 rings (SSSR count). The molecule has 1 aliphatic rings. The summed E-state index contributed by atoms with van der Waals surface area (Å²) in [7, 11) is 1.50. The Morgan fingerprint density at radius 3 is 2.19 bits per heavy atom. The fourth-order valence-electron chi connectivity index (χ4n) is 3.25. The van der Waals surface area contributed by atoms with Crippen molar-refractivity contribution in [2.24, 2.45) is 17.2 Å². The first-order valence-electron chi connectivity index (χ1n) is 10.1. The maximum absolute atomic E-state index is 8.00. The van der Waals surface area contributed by atoms with Gasteiger partial charge in [0.25, 0.3) is 0 Å². The lowest BCUT2D eigenvalue weighted by molar-refractivity contribution is -0.0979. The van der Waals surface area contributed by atoms with Crippen LogP contribution < -0.4 is 22.1 Å². The average molecular weight is 427 g/mol. The molecule has 1 unspecified atom stereocenters. The molecule has 7 N–H and O–H groups in total. The molecule has 1 aromatic carbocycles. The molecule has 0 aliphatic carbocycles. The van der Waals surface area contributed by atoms with Crippen LogP contribution in [0.1, 0.15) is 42.8 Å². The van der Waals surface area contributed by atoms with Crippen LogP contribution >= 0.6 is 0 Å². The number of hydrogen-bond donors (Lipinski definition) is 4. The Labute approximate surface area is 183 Å². The first-order valence-corrected chi connectivity index (χ1v) is 10.1. The average Bonchev–Trinajstić information content (AvgIpc) is 3.45. The monoisotopic (exact) mass is 426 g/mol. The van der Waals surface area contributed by atoms with E-state index in [9.17, 15) is 0 Å². The van der Waals surface area contributed by atoms with Crippen LogP contribution in [0.3, 0.4) is 0 Å². The van der Waals surface area contributed by atoms with E-state index in [1.807, 2.05) is 63.1 Å². The predicted octanol–water partition coefficient (Wildman–Crippen LogP) is 3.12. The SMILES string of the molecule is C=O.CC(N)c1ccccc1.CN.Cc1ccc2c(N3CCCC3)c(C(=N)N)oc2n1. The number of anilines is 1. The Hall–Kier alpha value is -3.23. The van der Waals surface area contributed by atoms with Crippen LogP contribution in [0.5, 0.6) is 0 Å². The number of furan rings is 1. The van der Waals surface area contributed by atoms with Crippen molar-refractivity contribution in [1.29, 1.82) is 5.41 Å². The third kappa shape index (κ3) is 6.91. The number of nitrogens with two attached hydrogens (primary N) is 3. The summed E-state index contributed by atoms with van der Waals surface area (Å²) in [6.07, 6.45) is 2.34. The first-order chi connectivity index (χ1) is 15.0. The van der Waals surface area contributed by atoms with Crippen molar-refractivity contribution in [1.82, 2.24) is 4.98 Å². The summed E-state index contributed by atoms with van der Waals surface area (Å²) in [5.74, 6) is 0.414. The molecule has 0 amide bonds. The lowest BCUT2D eigenvalue weighted by Gasteiger charge is -2.17. The second kappa shape index (κ2) is 13.1.